The normalized spacial score (nSPS) is 10.6. The first-order chi connectivity index (χ1) is 8.88. The van der Waals surface area contributed by atoms with Crippen LogP contribution in [0.15, 0.2) is 24.3 Å². The van der Waals surface area contributed by atoms with E-state index >= 15 is 0 Å². The van der Waals surface area contributed by atoms with E-state index in [0.29, 0.717) is 6.07 Å². The maximum atomic E-state index is 13.4. The lowest BCUT2D eigenvalue weighted by Gasteiger charge is -2.10. The van der Waals surface area contributed by atoms with Crippen molar-refractivity contribution < 1.29 is 22.0 Å². The van der Waals surface area contributed by atoms with Gasteiger partial charge < -0.3 is 11.1 Å². The Bertz CT molecular complexity index is 619. The highest BCUT2D eigenvalue weighted by molar-refractivity contribution is 5.64. The van der Waals surface area contributed by atoms with Crippen LogP contribution in [0, 0.1) is 29.1 Å². The van der Waals surface area contributed by atoms with Crippen molar-refractivity contribution in [1.82, 2.24) is 0 Å². The Balaban J connectivity index is 2.45. The van der Waals surface area contributed by atoms with Crippen LogP contribution in [0.2, 0.25) is 0 Å². The van der Waals surface area contributed by atoms with E-state index in [1.54, 1.807) is 0 Å². The van der Waals surface area contributed by atoms with Gasteiger partial charge in [-0.1, -0.05) is 0 Å². The molecular weight excluding hydrogens is 267 g/mol. The van der Waals surface area contributed by atoms with E-state index in [2.05, 4.69) is 0 Å². The Hall–Kier alpha value is -2.31. The van der Waals surface area contributed by atoms with E-state index < -0.39 is 40.5 Å². The molecular formula is C12H7F5N2. The highest BCUT2D eigenvalue weighted by Crippen LogP contribution is 2.28. The lowest BCUT2D eigenvalue weighted by molar-refractivity contribution is 0.496. The zero-order chi connectivity index (χ0) is 14.2. The minimum absolute atomic E-state index is 0.161. The van der Waals surface area contributed by atoms with E-state index in [-0.39, 0.29) is 11.8 Å². The number of nitrogens with two attached hydrogens (primary N) is 1. The van der Waals surface area contributed by atoms with Crippen molar-refractivity contribution in [2.24, 2.45) is 0 Å². The zero-order valence-electron chi connectivity index (χ0n) is 9.28. The van der Waals surface area contributed by atoms with Crippen molar-refractivity contribution in [3.05, 3.63) is 53.4 Å². The maximum absolute atomic E-state index is 13.4. The van der Waals surface area contributed by atoms with Crippen molar-refractivity contribution in [2.45, 2.75) is 0 Å². The summed E-state index contributed by atoms with van der Waals surface area (Å²) in [6.07, 6.45) is 0. The van der Waals surface area contributed by atoms with Crippen LogP contribution in [0.5, 0.6) is 0 Å². The molecule has 2 aromatic carbocycles. The first-order valence-corrected chi connectivity index (χ1v) is 5.04. The molecule has 100 valence electrons. The second-order valence-electron chi connectivity index (χ2n) is 3.73. The third-order valence-electron chi connectivity index (χ3n) is 2.33. The SMILES string of the molecule is Nc1cc(F)c(Nc2cc(F)c(F)cc2F)c(F)c1. The molecule has 0 aliphatic rings. The molecule has 2 rings (SSSR count). The van der Waals surface area contributed by atoms with Crippen molar-refractivity contribution in [2.75, 3.05) is 11.1 Å². The van der Waals surface area contributed by atoms with Gasteiger partial charge in [-0.05, 0) is 12.1 Å². The Kier molecular flexibility index (Phi) is 3.28. The summed E-state index contributed by atoms with van der Waals surface area (Å²) in [7, 11) is 0. The minimum atomic E-state index is -1.40. The van der Waals surface area contributed by atoms with Gasteiger partial charge in [0, 0.05) is 17.8 Å². The van der Waals surface area contributed by atoms with Crippen molar-refractivity contribution in [3.63, 3.8) is 0 Å². The fourth-order valence-corrected chi connectivity index (χ4v) is 1.47. The van der Waals surface area contributed by atoms with Crippen molar-refractivity contribution in [3.8, 4) is 0 Å². The van der Waals surface area contributed by atoms with Crippen LogP contribution in [0.4, 0.5) is 39.0 Å². The molecule has 0 fully saturated rings. The summed E-state index contributed by atoms with van der Waals surface area (Å²) < 4.78 is 65.8. The van der Waals surface area contributed by atoms with Crippen LogP contribution in [0.25, 0.3) is 0 Å². The molecule has 2 nitrogen and oxygen atoms in total. The average molecular weight is 274 g/mol. The lowest BCUT2D eigenvalue weighted by Crippen LogP contribution is -2.02. The molecule has 0 aliphatic carbocycles. The van der Waals surface area contributed by atoms with Crippen LogP contribution in [0.3, 0.4) is 0 Å². The molecule has 0 saturated heterocycles. The van der Waals surface area contributed by atoms with E-state index in [0.717, 1.165) is 12.1 Å². The summed E-state index contributed by atoms with van der Waals surface area (Å²) in [6, 6.07) is 2.34. The second-order valence-corrected chi connectivity index (χ2v) is 3.73. The van der Waals surface area contributed by atoms with Gasteiger partial charge >= 0.3 is 0 Å². The molecule has 3 N–H and O–H groups in total. The van der Waals surface area contributed by atoms with E-state index in [1.807, 2.05) is 5.32 Å². The molecule has 0 radical (unpaired) electrons. The summed E-state index contributed by atoms with van der Waals surface area (Å²) >= 11 is 0. The summed E-state index contributed by atoms with van der Waals surface area (Å²) in [4.78, 5) is 0. The second kappa shape index (κ2) is 4.75. The lowest BCUT2D eigenvalue weighted by atomic mass is 10.2. The van der Waals surface area contributed by atoms with Crippen molar-refractivity contribution in [1.29, 1.82) is 0 Å². The van der Waals surface area contributed by atoms with Gasteiger partial charge in [0.15, 0.2) is 23.3 Å². The molecule has 2 aromatic rings. The number of nitrogens with one attached hydrogen (secondary N) is 1. The third-order valence-corrected chi connectivity index (χ3v) is 2.33. The summed E-state index contributed by atoms with van der Waals surface area (Å²) in [5.74, 6) is -6.10. The predicted octanol–water partition coefficient (Wildman–Crippen LogP) is 3.71. The Morgan fingerprint density at radius 1 is 0.684 bits per heavy atom. The first-order valence-electron chi connectivity index (χ1n) is 5.04. The molecule has 0 aliphatic heterocycles. The fraction of sp³-hybridized carbons (Fsp3) is 0. The van der Waals surface area contributed by atoms with Gasteiger partial charge in [-0.2, -0.15) is 0 Å². The Morgan fingerprint density at radius 3 is 1.79 bits per heavy atom. The summed E-state index contributed by atoms with van der Waals surface area (Å²) in [5.41, 5.74) is 3.74. The van der Waals surface area contributed by atoms with Gasteiger partial charge in [0.1, 0.15) is 11.5 Å². The number of hydrogen-bond donors (Lipinski definition) is 2. The van der Waals surface area contributed by atoms with Gasteiger partial charge in [0.2, 0.25) is 0 Å². The maximum Gasteiger partial charge on any atom is 0.161 e. The molecule has 0 atom stereocenters. The van der Waals surface area contributed by atoms with Gasteiger partial charge in [-0.3, -0.25) is 0 Å². The standard InChI is InChI=1S/C12H7F5N2/c13-6-3-8(15)11(4-7(6)14)19-12-9(16)1-5(18)2-10(12)17/h1-4,19H,18H2. The molecule has 0 saturated carbocycles. The molecule has 0 unspecified atom stereocenters. The highest BCUT2D eigenvalue weighted by Gasteiger charge is 2.15. The number of benzene rings is 2. The van der Waals surface area contributed by atoms with Gasteiger partial charge in [0.25, 0.3) is 0 Å². The van der Waals surface area contributed by atoms with Crippen LogP contribution in [-0.2, 0) is 0 Å². The molecule has 0 amide bonds. The van der Waals surface area contributed by atoms with E-state index in [1.165, 1.54) is 0 Å². The van der Waals surface area contributed by atoms with Crippen LogP contribution < -0.4 is 11.1 Å². The number of nitrogen functional groups attached to an aromatic ring is 1. The third kappa shape index (κ3) is 2.59. The fourth-order valence-electron chi connectivity index (χ4n) is 1.47. The number of anilines is 3. The summed E-state index contributed by atoms with van der Waals surface area (Å²) in [6.45, 7) is 0. The van der Waals surface area contributed by atoms with Crippen LogP contribution in [0.1, 0.15) is 0 Å². The molecule has 0 aromatic heterocycles. The monoisotopic (exact) mass is 274 g/mol. The largest absolute Gasteiger partial charge is 0.399 e. The number of halogens is 5. The van der Waals surface area contributed by atoms with Gasteiger partial charge in [0.05, 0.1) is 5.69 Å². The van der Waals surface area contributed by atoms with E-state index in [9.17, 15) is 22.0 Å². The molecule has 19 heavy (non-hydrogen) atoms. The quantitative estimate of drug-likeness (QED) is 0.497. The molecule has 0 spiro atoms. The van der Waals surface area contributed by atoms with Crippen LogP contribution >= 0.6 is 0 Å². The Labute approximate surface area is 104 Å². The zero-order valence-corrected chi connectivity index (χ0v) is 9.28. The van der Waals surface area contributed by atoms with Gasteiger partial charge in [-0.15, -0.1) is 0 Å². The van der Waals surface area contributed by atoms with Crippen molar-refractivity contribution >= 4 is 17.1 Å². The predicted molar refractivity (Wildman–Crippen MR) is 60.4 cm³/mol. The van der Waals surface area contributed by atoms with Crippen LogP contribution in [-0.4, -0.2) is 0 Å². The average Bonchev–Trinajstić information content (AvgIpc) is 2.29. The summed E-state index contributed by atoms with van der Waals surface area (Å²) in [5, 5.41) is 2.02. The van der Waals surface area contributed by atoms with E-state index in [4.69, 9.17) is 5.73 Å². The van der Waals surface area contributed by atoms with Gasteiger partial charge in [-0.25, -0.2) is 22.0 Å². The molecule has 0 bridgehead atoms. The first kappa shape index (κ1) is 13.1. The topological polar surface area (TPSA) is 38.0 Å². The minimum Gasteiger partial charge on any atom is -0.399 e. The highest BCUT2D eigenvalue weighted by atomic mass is 19.2. The number of hydrogen-bond acceptors (Lipinski definition) is 2. The number of rotatable bonds is 2. The Morgan fingerprint density at radius 2 is 1.21 bits per heavy atom. The smallest absolute Gasteiger partial charge is 0.161 e. The molecule has 0 heterocycles. The molecule has 7 heteroatoms.